The van der Waals surface area contributed by atoms with Crippen molar-refractivity contribution in [1.82, 2.24) is 15.5 Å². The molecule has 0 atom stereocenters. The summed E-state index contributed by atoms with van der Waals surface area (Å²) in [5.74, 6) is 0.268. The lowest BCUT2D eigenvalue weighted by Gasteiger charge is -2.16. The van der Waals surface area contributed by atoms with Crippen LogP contribution in [0.5, 0.6) is 0 Å². The van der Waals surface area contributed by atoms with E-state index in [9.17, 15) is 9.59 Å². The summed E-state index contributed by atoms with van der Waals surface area (Å²) in [6.07, 6.45) is 0.444. The molecule has 3 rings (SSSR count). The highest BCUT2D eigenvalue weighted by Crippen LogP contribution is 2.26. The predicted molar refractivity (Wildman–Crippen MR) is 110 cm³/mol. The van der Waals surface area contributed by atoms with Crippen molar-refractivity contribution in [3.05, 3.63) is 62.3 Å². The summed E-state index contributed by atoms with van der Waals surface area (Å²) in [4.78, 5) is 28.0. The highest BCUT2D eigenvalue weighted by molar-refractivity contribution is 5.96. The van der Waals surface area contributed by atoms with Gasteiger partial charge < -0.3 is 14.8 Å². The number of benzene rings is 1. The van der Waals surface area contributed by atoms with Gasteiger partial charge in [0, 0.05) is 28.4 Å². The lowest BCUT2D eigenvalue weighted by Crippen LogP contribution is -2.30. The Morgan fingerprint density at radius 3 is 2.57 bits per heavy atom. The second-order valence-corrected chi connectivity index (χ2v) is 8.39. The maximum absolute atomic E-state index is 12.7. The number of fused-ring (bicyclic) bond motifs is 1. The maximum atomic E-state index is 12.7. The summed E-state index contributed by atoms with van der Waals surface area (Å²) in [6, 6.07) is 5.98. The summed E-state index contributed by atoms with van der Waals surface area (Å²) < 4.78 is 5.23. The Hall–Kier alpha value is -2.89. The number of amides is 1. The third kappa shape index (κ3) is 3.86. The third-order valence-corrected chi connectivity index (χ3v) is 4.87. The highest BCUT2D eigenvalue weighted by atomic mass is 16.5. The van der Waals surface area contributed by atoms with Crippen LogP contribution < -0.4 is 10.9 Å². The van der Waals surface area contributed by atoms with Gasteiger partial charge in [0.25, 0.3) is 11.5 Å². The van der Waals surface area contributed by atoms with E-state index in [4.69, 9.17) is 4.52 Å². The first-order chi connectivity index (χ1) is 13.1. The standard InChI is InChI=1S/C22H27N3O3/c1-12-9-13(2)16-11-15(20(26)24-17(16)10-12)7-8-23-21(27)18-14(3)28-25-19(18)22(4,5)6/h9-11H,7-8H2,1-6H3,(H,23,27)(H,24,26). The molecular formula is C22H27N3O3. The molecule has 0 fully saturated rings. The first kappa shape index (κ1) is 19.9. The van der Waals surface area contributed by atoms with E-state index in [0.717, 1.165) is 22.0 Å². The van der Waals surface area contributed by atoms with Crippen molar-refractivity contribution < 1.29 is 9.32 Å². The number of pyridine rings is 1. The molecule has 0 aliphatic rings. The Morgan fingerprint density at radius 1 is 1.18 bits per heavy atom. The van der Waals surface area contributed by atoms with Crippen LogP contribution in [0.15, 0.2) is 27.5 Å². The minimum Gasteiger partial charge on any atom is -0.361 e. The van der Waals surface area contributed by atoms with Crippen LogP contribution in [0.1, 0.15) is 59.3 Å². The van der Waals surface area contributed by atoms with Crippen LogP contribution in [-0.4, -0.2) is 22.6 Å². The van der Waals surface area contributed by atoms with Crippen molar-refractivity contribution in [1.29, 1.82) is 0 Å². The first-order valence-electron chi connectivity index (χ1n) is 9.46. The quantitative estimate of drug-likeness (QED) is 0.721. The lowest BCUT2D eigenvalue weighted by atomic mass is 9.88. The van der Waals surface area contributed by atoms with Crippen LogP contribution in [0.4, 0.5) is 0 Å². The second kappa shape index (κ2) is 7.26. The van der Waals surface area contributed by atoms with Crippen LogP contribution in [0, 0.1) is 20.8 Å². The number of carbonyl (C=O) groups excluding carboxylic acids is 1. The summed E-state index contributed by atoms with van der Waals surface area (Å²) in [5.41, 5.74) is 4.41. The molecular weight excluding hydrogens is 354 g/mol. The number of hydrogen-bond acceptors (Lipinski definition) is 4. The van der Waals surface area contributed by atoms with Crippen molar-refractivity contribution in [3.63, 3.8) is 0 Å². The molecule has 0 bridgehead atoms. The molecule has 6 heteroatoms. The molecule has 0 aliphatic carbocycles. The Kier molecular flexibility index (Phi) is 5.15. The number of aromatic nitrogens is 2. The average Bonchev–Trinajstić information content (AvgIpc) is 2.97. The van der Waals surface area contributed by atoms with Crippen LogP contribution in [0.3, 0.4) is 0 Å². The Labute approximate surface area is 164 Å². The SMILES string of the molecule is Cc1cc(C)c2cc(CCNC(=O)c3c(C(C)(C)C)noc3C)c(=O)[nH]c2c1. The van der Waals surface area contributed by atoms with Crippen molar-refractivity contribution >= 4 is 16.8 Å². The predicted octanol–water partition coefficient (Wildman–Crippen LogP) is 3.71. The van der Waals surface area contributed by atoms with Crippen LogP contribution in [0.2, 0.25) is 0 Å². The average molecular weight is 381 g/mol. The zero-order chi connectivity index (χ0) is 20.6. The number of H-pyrrole nitrogens is 1. The van der Waals surface area contributed by atoms with Gasteiger partial charge in [0.1, 0.15) is 17.0 Å². The smallest absolute Gasteiger partial charge is 0.256 e. The normalized spacial score (nSPS) is 11.8. The Balaban J connectivity index is 1.77. The summed E-state index contributed by atoms with van der Waals surface area (Å²) >= 11 is 0. The molecule has 2 aromatic heterocycles. The van der Waals surface area contributed by atoms with E-state index in [1.54, 1.807) is 6.92 Å². The monoisotopic (exact) mass is 381 g/mol. The first-order valence-corrected chi connectivity index (χ1v) is 9.46. The Morgan fingerprint density at radius 2 is 1.89 bits per heavy atom. The van der Waals surface area contributed by atoms with E-state index in [1.807, 2.05) is 46.8 Å². The van der Waals surface area contributed by atoms with Crippen molar-refractivity contribution in [2.24, 2.45) is 0 Å². The molecule has 148 valence electrons. The molecule has 0 spiro atoms. The fourth-order valence-corrected chi connectivity index (χ4v) is 3.45. The second-order valence-electron chi connectivity index (χ2n) is 8.39. The fraction of sp³-hybridized carbons (Fsp3) is 0.409. The zero-order valence-corrected chi connectivity index (χ0v) is 17.3. The highest BCUT2D eigenvalue weighted by Gasteiger charge is 2.28. The molecule has 0 unspecified atom stereocenters. The van der Waals surface area contributed by atoms with Crippen LogP contribution in [0.25, 0.3) is 10.9 Å². The lowest BCUT2D eigenvalue weighted by molar-refractivity contribution is 0.0950. The van der Waals surface area contributed by atoms with Gasteiger partial charge in [-0.3, -0.25) is 9.59 Å². The van der Waals surface area contributed by atoms with Gasteiger partial charge in [0.15, 0.2) is 0 Å². The fourth-order valence-electron chi connectivity index (χ4n) is 3.45. The van der Waals surface area contributed by atoms with Gasteiger partial charge in [0.05, 0.1) is 0 Å². The van der Waals surface area contributed by atoms with E-state index in [2.05, 4.69) is 21.5 Å². The molecule has 0 aliphatic heterocycles. The third-order valence-electron chi connectivity index (χ3n) is 4.87. The number of aryl methyl sites for hydroxylation is 3. The molecule has 3 aromatic rings. The van der Waals surface area contributed by atoms with Crippen molar-refractivity contribution in [2.45, 2.75) is 53.4 Å². The van der Waals surface area contributed by atoms with Gasteiger partial charge in [-0.1, -0.05) is 32.0 Å². The molecule has 2 heterocycles. The summed E-state index contributed by atoms with van der Waals surface area (Å²) in [6.45, 7) is 12.1. The van der Waals surface area contributed by atoms with Gasteiger partial charge in [-0.25, -0.2) is 0 Å². The number of carbonyl (C=O) groups is 1. The molecule has 2 N–H and O–H groups in total. The molecule has 0 radical (unpaired) electrons. The minimum atomic E-state index is -0.296. The van der Waals surface area contributed by atoms with Gasteiger partial charge >= 0.3 is 0 Å². The van der Waals surface area contributed by atoms with E-state index in [-0.39, 0.29) is 16.9 Å². The van der Waals surface area contributed by atoms with Gasteiger partial charge in [-0.15, -0.1) is 0 Å². The molecule has 0 saturated carbocycles. The molecule has 28 heavy (non-hydrogen) atoms. The molecule has 0 saturated heterocycles. The Bertz CT molecular complexity index is 1100. The van der Waals surface area contributed by atoms with Gasteiger partial charge in [0.2, 0.25) is 0 Å². The van der Waals surface area contributed by atoms with Crippen LogP contribution in [-0.2, 0) is 11.8 Å². The number of nitrogens with zero attached hydrogens (tertiary/aromatic N) is 1. The maximum Gasteiger partial charge on any atom is 0.256 e. The van der Waals surface area contributed by atoms with Gasteiger partial charge in [-0.2, -0.15) is 0 Å². The summed E-state index contributed by atoms with van der Waals surface area (Å²) in [5, 5.41) is 7.97. The van der Waals surface area contributed by atoms with E-state index in [0.29, 0.717) is 35.5 Å². The topological polar surface area (TPSA) is 88.0 Å². The number of aromatic amines is 1. The number of rotatable bonds is 4. The summed E-state index contributed by atoms with van der Waals surface area (Å²) in [7, 11) is 0. The van der Waals surface area contributed by atoms with Gasteiger partial charge in [-0.05, 0) is 50.5 Å². The largest absolute Gasteiger partial charge is 0.361 e. The molecule has 1 amide bonds. The molecule has 6 nitrogen and oxygen atoms in total. The van der Waals surface area contributed by atoms with Crippen molar-refractivity contribution in [3.8, 4) is 0 Å². The minimum absolute atomic E-state index is 0.122. The van der Waals surface area contributed by atoms with E-state index >= 15 is 0 Å². The van der Waals surface area contributed by atoms with E-state index in [1.165, 1.54) is 0 Å². The van der Waals surface area contributed by atoms with E-state index < -0.39 is 0 Å². The van der Waals surface area contributed by atoms with Crippen LogP contribution >= 0.6 is 0 Å². The number of hydrogen-bond donors (Lipinski definition) is 2. The molecule has 1 aromatic carbocycles. The van der Waals surface area contributed by atoms with Crippen molar-refractivity contribution in [2.75, 3.05) is 6.54 Å². The zero-order valence-electron chi connectivity index (χ0n) is 17.3. The number of nitrogens with one attached hydrogen (secondary N) is 2.